The lowest BCUT2D eigenvalue weighted by Gasteiger charge is -2.30. The Morgan fingerprint density at radius 2 is 1.59 bits per heavy atom. The Balaban J connectivity index is 2.18. The largest absolute Gasteiger partial charge is 0.416 e. The predicted molar refractivity (Wildman–Crippen MR) is 95.8 cm³/mol. The highest BCUT2D eigenvalue weighted by molar-refractivity contribution is 6.30. The van der Waals surface area contributed by atoms with Gasteiger partial charge in [-0.1, -0.05) is 41.9 Å². The maximum Gasteiger partial charge on any atom is 0.416 e. The van der Waals surface area contributed by atoms with Gasteiger partial charge in [-0.3, -0.25) is 4.98 Å². The van der Waals surface area contributed by atoms with Crippen LogP contribution >= 0.6 is 11.6 Å². The highest BCUT2D eigenvalue weighted by Crippen LogP contribution is 2.36. The number of pyridine rings is 1. The standard InChI is InChI=1S/C20H15ClF4N2/c21-16-6-7-18(27-12-16)19(26,11-13-4-2-1-3-5-13)14-8-15(20(23,24)25)10-17(22)9-14/h1-10,12H,11,26H2/t19-/m0/s1. The second-order valence-corrected chi connectivity index (χ2v) is 6.66. The fraction of sp³-hybridized carbons (Fsp3) is 0.150. The Kier molecular flexibility index (Phi) is 5.22. The van der Waals surface area contributed by atoms with E-state index in [0.29, 0.717) is 11.1 Å². The molecule has 1 aromatic heterocycles. The minimum absolute atomic E-state index is 0.0199. The van der Waals surface area contributed by atoms with E-state index < -0.39 is 23.1 Å². The van der Waals surface area contributed by atoms with E-state index in [1.807, 2.05) is 6.07 Å². The van der Waals surface area contributed by atoms with E-state index in [2.05, 4.69) is 4.98 Å². The molecule has 2 aromatic carbocycles. The molecule has 3 aromatic rings. The summed E-state index contributed by atoms with van der Waals surface area (Å²) in [4.78, 5) is 4.18. The molecule has 3 rings (SSSR count). The SMILES string of the molecule is N[C@@](Cc1ccccc1)(c1cc(F)cc(C(F)(F)F)c1)c1ccc(Cl)cn1. The summed E-state index contributed by atoms with van der Waals surface area (Å²) in [5.41, 5.74) is 5.02. The second-order valence-electron chi connectivity index (χ2n) is 6.22. The summed E-state index contributed by atoms with van der Waals surface area (Å²) in [5, 5.41) is 0.357. The van der Waals surface area contributed by atoms with Gasteiger partial charge in [0, 0.05) is 12.6 Å². The van der Waals surface area contributed by atoms with Crippen LogP contribution in [0.3, 0.4) is 0 Å². The molecule has 0 unspecified atom stereocenters. The number of nitrogens with two attached hydrogens (primary N) is 1. The third-order valence-electron chi connectivity index (χ3n) is 4.25. The molecule has 2 nitrogen and oxygen atoms in total. The molecule has 1 heterocycles. The number of alkyl halides is 3. The molecule has 7 heteroatoms. The van der Waals surface area contributed by atoms with Gasteiger partial charge in [0.15, 0.2) is 0 Å². The molecule has 27 heavy (non-hydrogen) atoms. The summed E-state index contributed by atoms with van der Waals surface area (Å²) < 4.78 is 53.5. The number of hydrogen-bond donors (Lipinski definition) is 1. The molecule has 0 bridgehead atoms. The van der Waals surface area contributed by atoms with Crippen molar-refractivity contribution >= 4 is 11.6 Å². The van der Waals surface area contributed by atoms with E-state index in [1.54, 1.807) is 30.3 Å². The first-order valence-electron chi connectivity index (χ1n) is 8.01. The van der Waals surface area contributed by atoms with Crippen molar-refractivity contribution in [3.8, 4) is 0 Å². The number of halogens is 5. The highest BCUT2D eigenvalue weighted by Gasteiger charge is 2.36. The average Bonchev–Trinajstić information content (AvgIpc) is 2.61. The van der Waals surface area contributed by atoms with Gasteiger partial charge < -0.3 is 5.73 Å². The first-order chi connectivity index (χ1) is 12.7. The zero-order valence-corrected chi connectivity index (χ0v) is 14.7. The first kappa shape index (κ1) is 19.3. The Hall–Kier alpha value is -2.44. The molecule has 0 saturated heterocycles. The van der Waals surface area contributed by atoms with Crippen LogP contribution in [0.2, 0.25) is 5.02 Å². The molecule has 0 aliphatic carbocycles. The van der Waals surface area contributed by atoms with Gasteiger partial charge in [-0.2, -0.15) is 13.2 Å². The van der Waals surface area contributed by atoms with Gasteiger partial charge in [0.2, 0.25) is 0 Å². The van der Waals surface area contributed by atoms with Gasteiger partial charge >= 0.3 is 6.18 Å². The fourth-order valence-corrected chi connectivity index (χ4v) is 3.02. The molecular weight excluding hydrogens is 380 g/mol. The van der Waals surface area contributed by atoms with E-state index in [4.69, 9.17) is 17.3 Å². The summed E-state index contributed by atoms with van der Waals surface area (Å²) in [6.07, 6.45) is -3.21. The fourth-order valence-electron chi connectivity index (χ4n) is 2.91. The molecule has 2 N–H and O–H groups in total. The van der Waals surface area contributed by atoms with Gasteiger partial charge in [-0.15, -0.1) is 0 Å². The lowest BCUT2D eigenvalue weighted by Crippen LogP contribution is -2.41. The normalized spacial score (nSPS) is 14.0. The molecule has 140 valence electrons. The Labute approximate surface area is 158 Å². The number of benzene rings is 2. The lowest BCUT2D eigenvalue weighted by molar-refractivity contribution is -0.137. The van der Waals surface area contributed by atoms with Crippen LogP contribution in [0.25, 0.3) is 0 Å². The molecule has 0 aliphatic rings. The van der Waals surface area contributed by atoms with E-state index in [9.17, 15) is 17.6 Å². The maximum absolute atomic E-state index is 14.0. The second kappa shape index (κ2) is 7.29. The number of rotatable bonds is 4. The quantitative estimate of drug-likeness (QED) is 0.607. The first-order valence-corrected chi connectivity index (χ1v) is 8.39. The van der Waals surface area contributed by atoms with Crippen LogP contribution in [0, 0.1) is 5.82 Å². The molecular formula is C20H15ClF4N2. The highest BCUT2D eigenvalue weighted by atomic mass is 35.5. The summed E-state index contributed by atoms with van der Waals surface area (Å²) in [6.45, 7) is 0. The van der Waals surface area contributed by atoms with E-state index in [1.165, 1.54) is 12.3 Å². The van der Waals surface area contributed by atoms with Gasteiger partial charge in [0.25, 0.3) is 0 Å². The minimum atomic E-state index is -4.70. The smallest absolute Gasteiger partial charge is 0.316 e. The van der Waals surface area contributed by atoms with Crippen molar-refractivity contribution in [2.45, 2.75) is 18.1 Å². The maximum atomic E-state index is 14.0. The topological polar surface area (TPSA) is 38.9 Å². The molecule has 0 saturated carbocycles. The summed E-state index contributed by atoms with van der Waals surface area (Å²) in [7, 11) is 0. The lowest BCUT2D eigenvalue weighted by atomic mass is 9.81. The predicted octanol–water partition coefficient (Wildman–Crippen LogP) is 5.34. The summed E-state index contributed by atoms with van der Waals surface area (Å²) in [6, 6.07) is 14.4. The van der Waals surface area contributed by atoms with Crippen molar-refractivity contribution < 1.29 is 17.6 Å². The van der Waals surface area contributed by atoms with Crippen LogP contribution in [0.1, 0.15) is 22.4 Å². The number of hydrogen-bond acceptors (Lipinski definition) is 2. The summed E-state index contributed by atoms with van der Waals surface area (Å²) >= 11 is 5.87. The van der Waals surface area contributed by atoms with Crippen LogP contribution in [0.5, 0.6) is 0 Å². The van der Waals surface area contributed by atoms with Crippen LogP contribution in [-0.2, 0) is 18.1 Å². The molecule has 0 radical (unpaired) electrons. The molecule has 0 aliphatic heterocycles. The van der Waals surface area contributed by atoms with Crippen molar-refractivity contribution in [1.29, 1.82) is 0 Å². The van der Waals surface area contributed by atoms with Crippen molar-refractivity contribution in [2.24, 2.45) is 5.73 Å². The van der Waals surface area contributed by atoms with Gasteiger partial charge in [0.05, 0.1) is 21.8 Å². The Morgan fingerprint density at radius 3 is 2.19 bits per heavy atom. The van der Waals surface area contributed by atoms with Gasteiger partial charge in [0.1, 0.15) is 5.82 Å². The molecule has 1 atom stereocenters. The van der Waals surface area contributed by atoms with E-state index in [-0.39, 0.29) is 17.7 Å². The van der Waals surface area contributed by atoms with Crippen LogP contribution in [0.4, 0.5) is 17.6 Å². The number of aromatic nitrogens is 1. The molecule has 0 fully saturated rings. The monoisotopic (exact) mass is 394 g/mol. The minimum Gasteiger partial charge on any atom is -0.316 e. The average molecular weight is 395 g/mol. The van der Waals surface area contributed by atoms with Crippen LogP contribution < -0.4 is 5.73 Å². The zero-order chi connectivity index (χ0) is 19.7. The van der Waals surface area contributed by atoms with Crippen LogP contribution in [0.15, 0.2) is 66.9 Å². The Bertz CT molecular complexity index is 927. The van der Waals surface area contributed by atoms with E-state index in [0.717, 1.165) is 17.7 Å². The van der Waals surface area contributed by atoms with Crippen molar-refractivity contribution in [2.75, 3.05) is 0 Å². The third kappa shape index (κ3) is 4.28. The zero-order valence-electron chi connectivity index (χ0n) is 14.0. The van der Waals surface area contributed by atoms with E-state index >= 15 is 0 Å². The molecule has 0 spiro atoms. The molecule has 0 amide bonds. The van der Waals surface area contributed by atoms with Gasteiger partial charge in [-0.05, 0) is 41.5 Å². The van der Waals surface area contributed by atoms with Gasteiger partial charge in [-0.25, -0.2) is 4.39 Å². The van der Waals surface area contributed by atoms with Crippen molar-refractivity contribution in [3.63, 3.8) is 0 Å². The Morgan fingerprint density at radius 1 is 0.926 bits per heavy atom. The number of nitrogens with zero attached hydrogens (tertiary/aromatic N) is 1. The van der Waals surface area contributed by atoms with Crippen LogP contribution in [-0.4, -0.2) is 4.98 Å². The summed E-state index contributed by atoms with van der Waals surface area (Å²) in [5.74, 6) is -1.02. The van der Waals surface area contributed by atoms with Crippen molar-refractivity contribution in [1.82, 2.24) is 4.98 Å². The van der Waals surface area contributed by atoms with Crippen molar-refractivity contribution in [3.05, 3.63) is 100 Å². The third-order valence-corrected chi connectivity index (χ3v) is 4.47.